The van der Waals surface area contributed by atoms with Gasteiger partial charge in [-0.2, -0.15) is 0 Å². The highest BCUT2D eigenvalue weighted by molar-refractivity contribution is 5.68. The molecule has 9 atom stereocenters. The van der Waals surface area contributed by atoms with Gasteiger partial charge in [0.25, 0.3) is 0 Å². The van der Waals surface area contributed by atoms with Gasteiger partial charge in [-0.05, 0) is 78.6 Å². The molecule has 4 rings (SSSR count). The Morgan fingerprint density at radius 1 is 0.427 bits per heavy atom. The van der Waals surface area contributed by atoms with Gasteiger partial charge in [-0.25, -0.2) is 42.5 Å². The first-order valence-corrected chi connectivity index (χ1v) is 29.1. The average Bonchev–Trinajstić information content (AvgIpc) is 4.35. The fourth-order valence-corrected chi connectivity index (χ4v) is 8.83. The Hall–Kier alpha value is -4.02. The first kappa shape index (κ1) is 63.5. The summed E-state index contributed by atoms with van der Waals surface area (Å²) in [7, 11) is 0. The van der Waals surface area contributed by atoms with Gasteiger partial charge in [0.2, 0.25) is 0 Å². The molecule has 0 aliphatic carbocycles. The summed E-state index contributed by atoms with van der Waals surface area (Å²) in [5, 5.41) is 8.57. The van der Waals surface area contributed by atoms with Crippen LogP contribution in [0.3, 0.4) is 0 Å². The van der Waals surface area contributed by atoms with Crippen molar-refractivity contribution in [1.29, 1.82) is 0 Å². The number of nitrogens with zero attached hydrogens (tertiary/aromatic N) is 6. The van der Waals surface area contributed by atoms with Crippen LogP contribution in [0.15, 0.2) is 14.4 Å². The molecular formula is C54H99N9O12. The first-order valence-electron chi connectivity index (χ1n) is 29.1. The summed E-state index contributed by atoms with van der Waals surface area (Å²) >= 11 is 0. The molecule has 3 saturated heterocycles. The number of carbonyl (C=O) groups excluding carboxylic acids is 3. The molecule has 1 aromatic rings. The molecule has 3 amide bonds. The van der Waals surface area contributed by atoms with Crippen LogP contribution in [0.25, 0.3) is 0 Å². The molecule has 3 aliphatic rings. The Labute approximate surface area is 447 Å². The van der Waals surface area contributed by atoms with Gasteiger partial charge in [0.15, 0.2) is 0 Å². The molecule has 75 heavy (non-hydrogen) atoms. The molecule has 9 unspecified atom stereocenters. The maximum atomic E-state index is 13.8. The monoisotopic (exact) mass is 1070 g/mol. The van der Waals surface area contributed by atoms with Crippen molar-refractivity contribution in [2.75, 3.05) is 98.5 Å². The largest absolute Gasteiger partial charge is 0.442 e. The molecule has 3 fully saturated rings. The van der Waals surface area contributed by atoms with Gasteiger partial charge in [-0.15, -0.1) is 0 Å². The zero-order valence-corrected chi connectivity index (χ0v) is 47.0. The van der Waals surface area contributed by atoms with E-state index in [1.165, 1.54) is 13.7 Å². The zero-order chi connectivity index (χ0) is 54.2. The Kier molecular flexibility index (Phi) is 31.3. The van der Waals surface area contributed by atoms with E-state index >= 15 is 0 Å². The molecule has 4 heterocycles. The first-order chi connectivity index (χ1) is 36.3. The zero-order valence-electron chi connectivity index (χ0n) is 47.0. The van der Waals surface area contributed by atoms with Crippen LogP contribution in [-0.4, -0.2) is 182 Å². The van der Waals surface area contributed by atoms with Crippen LogP contribution in [-0.2, 0) is 48.1 Å². The number of amides is 3. The van der Waals surface area contributed by atoms with E-state index in [9.17, 15) is 28.8 Å². The highest BCUT2D eigenvalue weighted by atomic mass is 16.6. The number of ether oxygens (including phenoxy) is 6. The van der Waals surface area contributed by atoms with Crippen LogP contribution >= 0.6 is 0 Å². The Morgan fingerprint density at radius 3 is 0.920 bits per heavy atom. The normalized spacial score (nSPS) is 20.7. The lowest BCUT2D eigenvalue weighted by Gasteiger charge is -2.19. The van der Waals surface area contributed by atoms with Gasteiger partial charge in [-0.3, -0.25) is 14.7 Å². The molecule has 3 aliphatic heterocycles. The molecule has 432 valence electrons. The molecule has 0 aromatic carbocycles. The van der Waals surface area contributed by atoms with Crippen molar-refractivity contribution in [3.8, 4) is 0 Å². The van der Waals surface area contributed by atoms with E-state index in [1.54, 1.807) is 0 Å². The smallest absolute Gasteiger partial charge is 0.407 e. The van der Waals surface area contributed by atoms with E-state index in [1.807, 2.05) is 0 Å². The summed E-state index contributed by atoms with van der Waals surface area (Å²) in [6, 6.07) is 1.47. The lowest BCUT2D eigenvalue weighted by molar-refractivity contribution is 0.0124. The number of nitrogens with one attached hydrogen (secondary N) is 3. The molecule has 0 saturated carbocycles. The van der Waals surface area contributed by atoms with Crippen LogP contribution < -0.4 is 33.0 Å². The maximum absolute atomic E-state index is 13.8. The van der Waals surface area contributed by atoms with Crippen LogP contribution in [0.1, 0.15) is 157 Å². The van der Waals surface area contributed by atoms with E-state index in [2.05, 4.69) is 72.2 Å². The van der Waals surface area contributed by atoms with Crippen molar-refractivity contribution < 1.29 is 42.8 Å². The Bertz CT molecular complexity index is 1710. The summed E-state index contributed by atoms with van der Waals surface area (Å²) in [6.45, 7) is 22.5. The topological polar surface area (TPSA) is 218 Å². The second kappa shape index (κ2) is 36.9. The van der Waals surface area contributed by atoms with Crippen molar-refractivity contribution in [3.63, 3.8) is 0 Å². The molecule has 0 bridgehead atoms. The average molecular weight is 1070 g/mol. The summed E-state index contributed by atoms with van der Waals surface area (Å²) < 4.78 is 38.0. The SMILES string of the molecule is CCCCOCC(CN1CC1C)OC(=O)NCCCCCCn1c(=O)n(CCCCCCNC(=O)OC(COCCCC)CN2CC2C)c(=O)n(CCCCCCNC(=O)OC(COCCCC)CN2CC2C)c1=O. The number of rotatable bonds is 45. The third kappa shape index (κ3) is 26.7. The predicted molar refractivity (Wildman–Crippen MR) is 290 cm³/mol. The number of aromatic nitrogens is 3. The van der Waals surface area contributed by atoms with Gasteiger partial charge < -0.3 is 44.4 Å². The quantitative estimate of drug-likeness (QED) is 0.0406. The summed E-state index contributed by atoms with van der Waals surface area (Å²) in [5.74, 6) is 0. The number of alkyl carbamates (subject to hydrolysis) is 3. The fourth-order valence-electron chi connectivity index (χ4n) is 8.83. The van der Waals surface area contributed by atoms with Crippen molar-refractivity contribution in [2.24, 2.45) is 0 Å². The molecule has 1 aromatic heterocycles. The van der Waals surface area contributed by atoms with Gasteiger partial charge in [0, 0.05) is 116 Å². The standard InChI is InChI=1S/C54H99N9O12/c1-7-10-31-70-40-46(37-58-34-43(58)4)73-49(64)55-25-19-13-16-22-28-61-52(67)62(29-23-17-14-20-26-56-50(65)74-47(38-59-35-44(59)5)41-71-32-11-8-2)54(69)63(53(61)68)30-24-18-15-21-27-57-51(66)75-48(39-60-36-45(60)6)42-72-33-12-9-3/h43-48H,7-42H2,1-6H3,(H,55,64)(H,56,65)(H,57,66). The molecule has 0 spiro atoms. The summed E-state index contributed by atoms with van der Waals surface area (Å²) in [4.78, 5) is 86.2. The maximum Gasteiger partial charge on any atom is 0.407 e. The minimum absolute atomic E-state index is 0.164. The molecule has 21 nitrogen and oxygen atoms in total. The van der Waals surface area contributed by atoms with Gasteiger partial charge >= 0.3 is 35.3 Å². The Morgan fingerprint density at radius 2 is 0.680 bits per heavy atom. The summed E-state index contributed by atoms with van der Waals surface area (Å²) in [6.07, 6.45) is 11.7. The van der Waals surface area contributed by atoms with E-state index in [4.69, 9.17) is 28.4 Å². The van der Waals surface area contributed by atoms with Gasteiger partial charge in [0.1, 0.15) is 18.3 Å². The number of carbonyl (C=O) groups is 3. The third-order valence-electron chi connectivity index (χ3n) is 14.1. The predicted octanol–water partition coefficient (Wildman–Crippen LogP) is 5.70. The van der Waals surface area contributed by atoms with Gasteiger partial charge in [0.05, 0.1) is 19.8 Å². The number of hydrogen-bond donors (Lipinski definition) is 3. The lowest BCUT2D eigenvalue weighted by atomic mass is 10.2. The second-order valence-electron chi connectivity index (χ2n) is 21.1. The highest BCUT2D eigenvalue weighted by Gasteiger charge is 2.34. The molecule has 0 radical (unpaired) electrons. The minimum Gasteiger partial charge on any atom is -0.442 e. The van der Waals surface area contributed by atoms with Crippen molar-refractivity contribution in [2.45, 2.75) is 213 Å². The van der Waals surface area contributed by atoms with Crippen molar-refractivity contribution in [1.82, 2.24) is 44.4 Å². The van der Waals surface area contributed by atoms with E-state index < -0.39 is 35.3 Å². The highest BCUT2D eigenvalue weighted by Crippen LogP contribution is 2.19. The van der Waals surface area contributed by atoms with Gasteiger partial charge in [-0.1, -0.05) is 78.6 Å². The van der Waals surface area contributed by atoms with E-state index in [0.29, 0.717) is 155 Å². The second-order valence-corrected chi connectivity index (χ2v) is 21.1. The number of unbranched alkanes of at least 4 members (excludes halogenated alkanes) is 12. The van der Waals surface area contributed by atoms with E-state index in [-0.39, 0.29) is 37.9 Å². The molecule has 21 heteroatoms. The van der Waals surface area contributed by atoms with Crippen molar-refractivity contribution >= 4 is 18.3 Å². The molecule has 3 N–H and O–H groups in total. The van der Waals surface area contributed by atoms with Crippen LogP contribution in [0, 0.1) is 0 Å². The van der Waals surface area contributed by atoms with Crippen LogP contribution in [0.2, 0.25) is 0 Å². The van der Waals surface area contributed by atoms with E-state index in [0.717, 1.165) is 77.4 Å². The molecular weight excluding hydrogens is 967 g/mol. The number of hydrogen-bond acceptors (Lipinski definition) is 15. The lowest BCUT2D eigenvalue weighted by Crippen LogP contribution is -2.54. The third-order valence-corrected chi connectivity index (χ3v) is 14.1. The Balaban J connectivity index is 1.23. The minimum atomic E-state index is -0.609. The van der Waals surface area contributed by atoms with Crippen LogP contribution in [0.4, 0.5) is 14.4 Å². The van der Waals surface area contributed by atoms with Crippen LogP contribution in [0.5, 0.6) is 0 Å². The summed E-state index contributed by atoms with van der Waals surface area (Å²) in [5.41, 5.74) is -1.83. The fraction of sp³-hybridized carbons (Fsp3) is 0.889. The van der Waals surface area contributed by atoms with Crippen molar-refractivity contribution in [3.05, 3.63) is 31.5 Å².